The summed E-state index contributed by atoms with van der Waals surface area (Å²) in [5.74, 6) is 0. The molecule has 76 valence electrons. The molecule has 0 aromatic carbocycles. The van der Waals surface area contributed by atoms with Gasteiger partial charge >= 0.3 is 0 Å². The van der Waals surface area contributed by atoms with Crippen LogP contribution in [0.2, 0.25) is 0 Å². The number of hydrogen-bond acceptors (Lipinski definition) is 2. The molecule has 2 rings (SSSR count). The molecule has 0 aromatic rings. The third-order valence-electron chi connectivity index (χ3n) is 3.70. The second-order valence-electron chi connectivity index (χ2n) is 4.56. The van der Waals surface area contributed by atoms with Gasteiger partial charge in [0.15, 0.2) is 0 Å². The van der Waals surface area contributed by atoms with E-state index in [4.69, 9.17) is 0 Å². The number of likely N-dealkylation sites (tertiary alicyclic amines) is 1. The van der Waals surface area contributed by atoms with Crippen molar-refractivity contribution in [2.45, 2.75) is 57.7 Å². The Morgan fingerprint density at radius 3 is 2.15 bits per heavy atom. The molecule has 0 spiro atoms. The van der Waals surface area contributed by atoms with Gasteiger partial charge in [0.1, 0.15) is 0 Å². The van der Waals surface area contributed by atoms with E-state index in [-0.39, 0.29) is 0 Å². The number of nitrogens with one attached hydrogen (secondary N) is 1. The molecule has 2 nitrogen and oxygen atoms in total. The molecular weight excluding hydrogens is 160 g/mol. The lowest BCUT2D eigenvalue weighted by molar-refractivity contribution is 0.133. The van der Waals surface area contributed by atoms with Crippen LogP contribution in [0.3, 0.4) is 0 Å². The van der Waals surface area contributed by atoms with Crippen LogP contribution in [0.4, 0.5) is 0 Å². The monoisotopic (exact) mass is 182 g/mol. The van der Waals surface area contributed by atoms with Gasteiger partial charge in [0, 0.05) is 31.2 Å². The Morgan fingerprint density at radius 2 is 1.69 bits per heavy atom. The molecule has 2 heterocycles. The fourth-order valence-corrected chi connectivity index (χ4v) is 2.93. The number of piperazine rings is 1. The summed E-state index contributed by atoms with van der Waals surface area (Å²) in [7, 11) is 0. The molecule has 2 heteroatoms. The Kier molecular flexibility index (Phi) is 2.89. The summed E-state index contributed by atoms with van der Waals surface area (Å²) in [6, 6.07) is 2.45. The molecule has 0 amide bonds. The number of fused-ring (bicyclic) bond motifs is 2. The highest BCUT2D eigenvalue weighted by molar-refractivity contribution is 4.94. The molecule has 2 fully saturated rings. The van der Waals surface area contributed by atoms with E-state index in [1.165, 1.54) is 38.8 Å². The third kappa shape index (κ3) is 1.89. The van der Waals surface area contributed by atoms with Crippen molar-refractivity contribution in [3.05, 3.63) is 0 Å². The average Bonchev–Trinajstić information content (AvgIpc) is 2.48. The second kappa shape index (κ2) is 3.97. The van der Waals surface area contributed by atoms with Gasteiger partial charge in [-0.3, -0.25) is 4.90 Å². The predicted molar refractivity (Wildman–Crippen MR) is 55.9 cm³/mol. The molecule has 2 bridgehead atoms. The van der Waals surface area contributed by atoms with E-state index in [1.54, 1.807) is 0 Å². The van der Waals surface area contributed by atoms with E-state index in [0.717, 1.165) is 18.1 Å². The van der Waals surface area contributed by atoms with E-state index < -0.39 is 0 Å². The molecule has 1 N–H and O–H groups in total. The van der Waals surface area contributed by atoms with Gasteiger partial charge in [-0.15, -0.1) is 0 Å². The number of nitrogens with zero attached hydrogens (tertiary/aromatic N) is 1. The average molecular weight is 182 g/mol. The molecule has 2 unspecified atom stereocenters. The van der Waals surface area contributed by atoms with Crippen molar-refractivity contribution in [3.63, 3.8) is 0 Å². The highest BCUT2D eigenvalue weighted by atomic mass is 15.2. The molecule has 2 aliphatic heterocycles. The minimum atomic E-state index is 0.805. The van der Waals surface area contributed by atoms with Gasteiger partial charge in [-0.25, -0.2) is 0 Å². The maximum Gasteiger partial charge on any atom is 0.0198 e. The standard InChI is InChI=1S/C11H22N2/c1-3-11(4-2)13-7-9-5-6-10(8-13)12-9/h9-12H,3-8H2,1-2H3. The SMILES string of the molecule is CCC(CC)N1CC2CCC(C1)N2. The first-order valence-electron chi connectivity index (χ1n) is 5.83. The highest BCUT2D eigenvalue weighted by Crippen LogP contribution is 2.23. The Bertz CT molecular complexity index is 153. The van der Waals surface area contributed by atoms with Crippen molar-refractivity contribution < 1.29 is 0 Å². The molecule has 13 heavy (non-hydrogen) atoms. The van der Waals surface area contributed by atoms with Crippen LogP contribution in [0.25, 0.3) is 0 Å². The van der Waals surface area contributed by atoms with Crippen LogP contribution in [0.1, 0.15) is 39.5 Å². The van der Waals surface area contributed by atoms with Gasteiger partial charge in [-0.1, -0.05) is 13.8 Å². The summed E-state index contributed by atoms with van der Waals surface area (Å²) in [5, 5.41) is 3.68. The van der Waals surface area contributed by atoms with Gasteiger partial charge in [-0.05, 0) is 25.7 Å². The van der Waals surface area contributed by atoms with E-state index in [9.17, 15) is 0 Å². The first-order chi connectivity index (χ1) is 6.33. The molecule has 2 aliphatic rings. The Morgan fingerprint density at radius 1 is 1.15 bits per heavy atom. The summed E-state index contributed by atoms with van der Waals surface area (Å²) in [4.78, 5) is 2.71. The lowest BCUT2D eigenvalue weighted by Crippen LogP contribution is -2.54. The predicted octanol–water partition coefficient (Wildman–Crippen LogP) is 1.61. The van der Waals surface area contributed by atoms with Gasteiger partial charge in [0.05, 0.1) is 0 Å². The molecule has 2 atom stereocenters. The Hall–Kier alpha value is -0.0800. The van der Waals surface area contributed by atoms with Crippen LogP contribution >= 0.6 is 0 Å². The van der Waals surface area contributed by atoms with Crippen molar-refractivity contribution in [3.8, 4) is 0 Å². The summed E-state index contributed by atoms with van der Waals surface area (Å²) in [6.45, 7) is 7.22. The largest absolute Gasteiger partial charge is 0.309 e. The van der Waals surface area contributed by atoms with E-state index in [2.05, 4.69) is 24.1 Å². The minimum Gasteiger partial charge on any atom is -0.309 e. The van der Waals surface area contributed by atoms with Gasteiger partial charge < -0.3 is 5.32 Å². The fraction of sp³-hybridized carbons (Fsp3) is 1.00. The van der Waals surface area contributed by atoms with Crippen molar-refractivity contribution in [1.29, 1.82) is 0 Å². The summed E-state index contributed by atoms with van der Waals surface area (Å²) in [6.07, 6.45) is 5.44. The van der Waals surface area contributed by atoms with Crippen LogP contribution in [0.15, 0.2) is 0 Å². The lowest BCUT2D eigenvalue weighted by atomic mass is 10.1. The molecule has 0 radical (unpaired) electrons. The van der Waals surface area contributed by atoms with Crippen molar-refractivity contribution >= 4 is 0 Å². The Labute approximate surface area is 81.7 Å². The number of hydrogen-bond donors (Lipinski definition) is 1. The third-order valence-corrected chi connectivity index (χ3v) is 3.70. The van der Waals surface area contributed by atoms with E-state index in [1.807, 2.05) is 0 Å². The van der Waals surface area contributed by atoms with Crippen LogP contribution in [0.5, 0.6) is 0 Å². The normalized spacial score (nSPS) is 34.4. The maximum absolute atomic E-state index is 3.68. The molecular formula is C11H22N2. The fourth-order valence-electron chi connectivity index (χ4n) is 2.93. The summed E-state index contributed by atoms with van der Waals surface area (Å²) < 4.78 is 0. The van der Waals surface area contributed by atoms with Crippen LogP contribution < -0.4 is 5.32 Å². The molecule has 0 aliphatic carbocycles. The van der Waals surface area contributed by atoms with Gasteiger partial charge in [0.25, 0.3) is 0 Å². The quantitative estimate of drug-likeness (QED) is 0.713. The first-order valence-corrected chi connectivity index (χ1v) is 5.83. The topological polar surface area (TPSA) is 15.3 Å². The van der Waals surface area contributed by atoms with Crippen molar-refractivity contribution in [1.82, 2.24) is 10.2 Å². The van der Waals surface area contributed by atoms with Crippen LogP contribution in [0, 0.1) is 0 Å². The first kappa shape index (κ1) is 9.47. The number of rotatable bonds is 3. The van der Waals surface area contributed by atoms with Crippen molar-refractivity contribution in [2.24, 2.45) is 0 Å². The lowest BCUT2D eigenvalue weighted by Gasteiger charge is -2.37. The van der Waals surface area contributed by atoms with Gasteiger partial charge in [0.2, 0.25) is 0 Å². The summed E-state index contributed by atoms with van der Waals surface area (Å²) in [5.41, 5.74) is 0. The van der Waals surface area contributed by atoms with Crippen LogP contribution in [-0.2, 0) is 0 Å². The van der Waals surface area contributed by atoms with E-state index >= 15 is 0 Å². The zero-order chi connectivity index (χ0) is 9.26. The van der Waals surface area contributed by atoms with Crippen molar-refractivity contribution in [2.75, 3.05) is 13.1 Å². The second-order valence-corrected chi connectivity index (χ2v) is 4.56. The highest BCUT2D eigenvalue weighted by Gasteiger charge is 2.33. The molecule has 0 saturated carbocycles. The zero-order valence-corrected chi connectivity index (χ0v) is 8.92. The molecule has 0 aromatic heterocycles. The van der Waals surface area contributed by atoms with Crippen LogP contribution in [-0.4, -0.2) is 36.1 Å². The molecule has 2 saturated heterocycles. The van der Waals surface area contributed by atoms with Gasteiger partial charge in [-0.2, -0.15) is 0 Å². The maximum atomic E-state index is 3.68. The zero-order valence-electron chi connectivity index (χ0n) is 8.92. The Balaban J connectivity index is 1.93. The smallest absolute Gasteiger partial charge is 0.0198 e. The summed E-state index contributed by atoms with van der Waals surface area (Å²) >= 11 is 0. The minimum absolute atomic E-state index is 0.805. The van der Waals surface area contributed by atoms with E-state index in [0.29, 0.717) is 0 Å².